The van der Waals surface area contributed by atoms with E-state index in [1.54, 1.807) is 0 Å². The van der Waals surface area contributed by atoms with Crippen LogP contribution >= 0.6 is 23.5 Å². The molecule has 0 nitrogen and oxygen atoms in total. The van der Waals surface area contributed by atoms with Crippen LogP contribution in [-0.2, 0) is 0 Å². The van der Waals surface area contributed by atoms with Crippen molar-refractivity contribution in [1.29, 1.82) is 0 Å². The lowest BCUT2D eigenvalue weighted by Gasteiger charge is -2.05. The van der Waals surface area contributed by atoms with Crippen LogP contribution < -0.4 is 0 Å². The van der Waals surface area contributed by atoms with Crippen molar-refractivity contribution in [3.63, 3.8) is 0 Å². The Morgan fingerprint density at radius 1 is 0.600 bits per heavy atom. The Hall–Kier alpha value is -0.960. The van der Waals surface area contributed by atoms with Gasteiger partial charge in [-0.25, -0.2) is 0 Å². The molecular weight excluding hydrogens is 400 g/mol. The van der Waals surface area contributed by atoms with E-state index in [9.17, 15) is 0 Å². The molecule has 168 valence electrons. The molecule has 0 heterocycles. The van der Waals surface area contributed by atoms with Crippen molar-refractivity contribution in [3.05, 3.63) is 33.1 Å². The number of allylic oxidation sites excluding steroid dienone is 6. The molecule has 0 aromatic heterocycles. The van der Waals surface area contributed by atoms with Crippen LogP contribution in [-0.4, -0.2) is 11.5 Å². The lowest BCUT2D eigenvalue weighted by atomic mass is 10.1. The van der Waals surface area contributed by atoms with Gasteiger partial charge in [0.1, 0.15) is 0 Å². The van der Waals surface area contributed by atoms with Crippen LogP contribution in [0.5, 0.6) is 0 Å². The van der Waals surface area contributed by atoms with Gasteiger partial charge >= 0.3 is 0 Å². The van der Waals surface area contributed by atoms with Crippen molar-refractivity contribution in [2.45, 2.75) is 106 Å². The molecule has 0 unspecified atom stereocenters. The van der Waals surface area contributed by atoms with Crippen LogP contribution in [0, 0.1) is 23.7 Å². The summed E-state index contributed by atoms with van der Waals surface area (Å²) in [4.78, 5) is 2.33. The van der Waals surface area contributed by atoms with E-state index in [2.05, 4.69) is 77.4 Å². The number of thioether (sulfide) groups is 2. The molecule has 0 rings (SSSR count). The lowest BCUT2D eigenvalue weighted by molar-refractivity contribution is 0.788. The Bertz CT molecular complexity index is 598. The van der Waals surface area contributed by atoms with Crippen LogP contribution in [0.4, 0.5) is 0 Å². The molecule has 0 amide bonds. The summed E-state index contributed by atoms with van der Waals surface area (Å²) >= 11 is 3.77. The quantitative estimate of drug-likeness (QED) is 0.193. The van der Waals surface area contributed by atoms with Gasteiger partial charge < -0.3 is 0 Å². The molecular formula is C28H44S2. The molecule has 0 aromatic rings. The highest BCUT2D eigenvalue weighted by atomic mass is 32.2. The highest BCUT2D eigenvalue weighted by Crippen LogP contribution is 2.28. The van der Waals surface area contributed by atoms with E-state index in [0.29, 0.717) is 0 Å². The summed E-state index contributed by atoms with van der Waals surface area (Å²) in [7, 11) is 0. The maximum Gasteiger partial charge on any atom is 0.0798 e. The molecule has 2 heteroatoms. The summed E-state index contributed by atoms with van der Waals surface area (Å²) in [6, 6.07) is 0. The number of hydrogen-bond acceptors (Lipinski definition) is 2. The Kier molecular flexibility index (Phi) is 20.6. The van der Waals surface area contributed by atoms with Crippen LogP contribution in [0.3, 0.4) is 0 Å². The molecule has 0 bridgehead atoms. The molecule has 0 atom stereocenters. The van der Waals surface area contributed by atoms with Crippen LogP contribution in [0.25, 0.3) is 0 Å². The van der Waals surface area contributed by atoms with E-state index < -0.39 is 0 Å². The second-order valence-electron chi connectivity index (χ2n) is 7.79. The molecule has 0 N–H and O–H groups in total. The van der Waals surface area contributed by atoms with Crippen molar-refractivity contribution in [2.24, 2.45) is 0 Å². The smallest absolute Gasteiger partial charge is 0.0798 e. The standard InChI is InChI=1S/C28H44S2/c1-7-11-17-25(5)19-15-21-27(29-23-13-9-3)28(30-24-14-10-4)22-16-20-26(6)18-12-8-2/h19-20H,7-14,17-18,23-24H2,1-6H3/b25-19+,26-20+,28-27+. The van der Waals surface area contributed by atoms with Crippen LogP contribution in [0.15, 0.2) is 33.1 Å². The topological polar surface area (TPSA) is 0 Å². The van der Waals surface area contributed by atoms with Gasteiger partial charge in [0.15, 0.2) is 0 Å². The van der Waals surface area contributed by atoms with Gasteiger partial charge in [0.05, 0.1) is 9.81 Å². The van der Waals surface area contributed by atoms with Crippen molar-refractivity contribution < 1.29 is 0 Å². The third-order valence-electron chi connectivity index (χ3n) is 4.55. The first kappa shape index (κ1) is 29.0. The highest BCUT2D eigenvalue weighted by Gasteiger charge is 2.05. The van der Waals surface area contributed by atoms with Gasteiger partial charge in [0, 0.05) is 0 Å². The zero-order valence-electron chi connectivity index (χ0n) is 20.5. The predicted molar refractivity (Wildman–Crippen MR) is 144 cm³/mol. The summed E-state index contributed by atoms with van der Waals surface area (Å²) in [6.45, 7) is 13.4. The first-order valence-corrected chi connectivity index (χ1v) is 13.9. The zero-order valence-corrected chi connectivity index (χ0v) is 22.1. The zero-order chi connectivity index (χ0) is 22.5. The average molecular weight is 445 g/mol. The third-order valence-corrected chi connectivity index (χ3v) is 6.86. The van der Waals surface area contributed by atoms with Crippen LogP contribution in [0.2, 0.25) is 0 Å². The van der Waals surface area contributed by atoms with Gasteiger partial charge in [-0.05, 0) is 76.0 Å². The second kappa shape index (κ2) is 21.3. The molecule has 0 spiro atoms. The fourth-order valence-electron chi connectivity index (χ4n) is 2.46. The fraction of sp³-hybridized carbons (Fsp3) is 0.643. The number of unbranched alkanes of at least 4 members (excludes halogenated alkanes) is 4. The van der Waals surface area contributed by atoms with Gasteiger partial charge in [-0.15, -0.1) is 23.5 Å². The van der Waals surface area contributed by atoms with Crippen molar-refractivity contribution >= 4 is 23.5 Å². The lowest BCUT2D eigenvalue weighted by Crippen LogP contribution is -1.87. The minimum atomic E-state index is 1.12. The molecule has 30 heavy (non-hydrogen) atoms. The van der Waals surface area contributed by atoms with E-state index in [-0.39, 0.29) is 0 Å². The number of hydrogen-bond donors (Lipinski definition) is 0. The van der Waals surface area contributed by atoms with E-state index in [1.807, 2.05) is 23.5 Å². The molecule has 0 fully saturated rings. The summed E-state index contributed by atoms with van der Waals surface area (Å²) in [5.41, 5.74) is 2.76. The summed E-state index contributed by atoms with van der Waals surface area (Å²) in [5.74, 6) is 15.8. The third kappa shape index (κ3) is 16.8. The predicted octanol–water partition coefficient (Wildman–Crippen LogP) is 9.54. The first-order chi connectivity index (χ1) is 14.6. The van der Waals surface area contributed by atoms with Gasteiger partial charge in [-0.3, -0.25) is 0 Å². The summed E-state index contributed by atoms with van der Waals surface area (Å²) in [6.07, 6.45) is 16.3. The Balaban J connectivity index is 5.71. The minimum absolute atomic E-state index is 1.12. The highest BCUT2D eigenvalue weighted by molar-refractivity contribution is 8.07. The fourth-order valence-corrected chi connectivity index (χ4v) is 4.71. The largest absolute Gasteiger partial charge is 0.115 e. The Morgan fingerprint density at radius 3 is 1.30 bits per heavy atom. The maximum absolute atomic E-state index is 3.46. The van der Waals surface area contributed by atoms with Gasteiger partial charge in [-0.1, -0.05) is 88.2 Å². The monoisotopic (exact) mass is 444 g/mol. The molecule has 0 radical (unpaired) electrons. The maximum atomic E-state index is 3.46. The van der Waals surface area contributed by atoms with Gasteiger partial charge in [-0.2, -0.15) is 0 Å². The van der Waals surface area contributed by atoms with Crippen LogP contribution in [0.1, 0.15) is 106 Å². The molecule has 0 aromatic carbocycles. The summed E-state index contributed by atoms with van der Waals surface area (Å²) < 4.78 is 0. The van der Waals surface area contributed by atoms with Gasteiger partial charge in [0.2, 0.25) is 0 Å². The van der Waals surface area contributed by atoms with E-state index in [0.717, 1.165) is 34.2 Å². The molecule has 0 saturated heterocycles. The number of rotatable bonds is 14. The van der Waals surface area contributed by atoms with E-state index in [1.165, 1.54) is 62.5 Å². The van der Waals surface area contributed by atoms with Gasteiger partial charge in [0.25, 0.3) is 0 Å². The first-order valence-electron chi connectivity index (χ1n) is 11.9. The van der Waals surface area contributed by atoms with E-state index in [4.69, 9.17) is 0 Å². The van der Waals surface area contributed by atoms with Crippen molar-refractivity contribution in [1.82, 2.24) is 0 Å². The Labute approximate surface area is 197 Å². The van der Waals surface area contributed by atoms with E-state index >= 15 is 0 Å². The molecule has 0 aliphatic rings. The summed E-state index contributed by atoms with van der Waals surface area (Å²) in [5, 5.41) is 0. The normalized spacial score (nSPS) is 12.6. The average Bonchev–Trinajstić information content (AvgIpc) is 2.74. The molecule has 0 aliphatic heterocycles. The molecule has 0 aliphatic carbocycles. The molecule has 0 saturated carbocycles. The SMILES string of the molecule is CCCCS/C(C#C/C=C(\C)CCCC)=C(\C#C/C=C(\C)CCCC)SCCCC. The van der Waals surface area contributed by atoms with Crippen molar-refractivity contribution in [3.8, 4) is 23.7 Å². The Morgan fingerprint density at radius 2 is 0.967 bits per heavy atom. The second-order valence-corrected chi connectivity index (χ2v) is 10.00. The minimum Gasteiger partial charge on any atom is -0.115 e. The van der Waals surface area contributed by atoms with Crippen molar-refractivity contribution in [2.75, 3.05) is 11.5 Å².